The number of halogens is 3. The maximum Gasteiger partial charge on any atom is 0.419 e. The minimum atomic E-state index is -4.51. The van der Waals surface area contributed by atoms with Gasteiger partial charge in [0.15, 0.2) is 5.65 Å². The molecule has 4 nitrogen and oxygen atoms in total. The van der Waals surface area contributed by atoms with Crippen molar-refractivity contribution in [2.75, 3.05) is 6.61 Å². The van der Waals surface area contributed by atoms with Crippen LogP contribution in [0.25, 0.3) is 16.9 Å². The van der Waals surface area contributed by atoms with Crippen LogP contribution in [0.5, 0.6) is 5.75 Å². The highest BCUT2D eigenvalue weighted by Crippen LogP contribution is 2.41. The van der Waals surface area contributed by atoms with Gasteiger partial charge in [-0.25, -0.2) is 9.50 Å². The van der Waals surface area contributed by atoms with E-state index in [1.165, 1.54) is 6.07 Å². The maximum absolute atomic E-state index is 13.8. The molecule has 0 radical (unpaired) electrons. The van der Waals surface area contributed by atoms with Gasteiger partial charge >= 0.3 is 6.18 Å². The predicted molar refractivity (Wildman–Crippen MR) is 110 cm³/mol. The summed E-state index contributed by atoms with van der Waals surface area (Å²) in [6, 6.07) is 7.83. The lowest BCUT2D eigenvalue weighted by Crippen LogP contribution is -2.14. The van der Waals surface area contributed by atoms with Crippen LogP contribution in [-0.2, 0) is 6.18 Å². The van der Waals surface area contributed by atoms with Crippen LogP contribution in [0.4, 0.5) is 13.2 Å². The number of ether oxygens (including phenoxy) is 1. The van der Waals surface area contributed by atoms with E-state index in [-0.39, 0.29) is 18.3 Å². The van der Waals surface area contributed by atoms with Gasteiger partial charge in [-0.05, 0) is 55.4 Å². The highest BCUT2D eigenvalue weighted by atomic mass is 19.4. The summed E-state index contributed by atoms with van der Waals surface area (Å²) in [5, 5.41) is 4.59. The lowest BCUT2D eigenvalue weighted by Gasteiger charge is -2.19. The Balaban J connectivity index is 1.67. The van der Waals surface area contributed by atoms with Crippen molar-refractivity contribution in [1.82, 2.24) is 14.6 Å². The van der Waals surface area contributed by atoms with Crippen LogP contribution in [-0.4, -0.2) is 21.2 Å². The van der Waals surface area contributed by atoms with E-state index < -0.39 is 11.7 Å². The minimum absolute atomic E-state index is 0.133. The van der Waals surface area contributed by atoms with Gasteiger partial charge in [0.1, 0.15) is 5.75 Å². The Hall–Kier alpha value is -2.57. The number of hydrogen-bond acceptors (Lipinski definition) is 3. The number of benzene rings is 1. The van der Waals surface area contributed by atoms with Crippen molar-refractivity contribution in [1.29, 1.82) is 0 Å². The highest BCUT2D eigenvalue weighted by molar-refractivity contribution is 5.65. The van der Waals surface area contributed by atoms with Crippen molar-refractivity contribution >= 4 is 5.65 Å². The van der Waals surface area contributed by atoms with E-state index in [1.807, 2.05) is 13.0 Å². The van der Waals surface area contributed by atoms with Crippen LogP contribution in [0.2, 0.25) is 0 Å². The van der Waals surface area contributed by atoms with Crippen molar-refractivity contribution in [2.24, 2.45) is 11.8 Å². The summed E-state index contributed by atoms with van der Waals surface area (Å²) in [6.45, 7) is 6.42. The predicted octanol–water partition coefficient (Wildman–Crippen LogP) is 6.35. The van der Waals surface area contributed by atoms with Gasteiger partial charge in [-0.3, -0.25) is 0 Å². The van der Waals surface area contributed by atoms with Crippen LogP contribution in [0.3, 0.4) is 0 Å². The minimum Gasteiger partial charge on any atom is -0.493 e. The number of hydrogen-bond donors (Lipinski definition) is 0. The molecule has 4 rings (SSSR count). The van der Waals surface area contributed by atoms with Gasteiger partial charge in [-0.15, -0.1) is 0 Å². The van der Waals surface area contributed by atoms with E-state index in [4.69, 9.17) is 4.74 Å². The molecule has 1 fully saturated rings. The fourth-order valence-electron chi connectivity index (χ4n) is 3.85. The van der Waals surface area contributed by atoms with Crippen molar-refractivity contribution in [2.45, 2.75) is 52.1 Å². The first kappa shape index (κ1) is 20.7. The van der Waals surface area contributed by atoms with Crippen LogP contribution in [0.1, 0.15) is 57.2 Å². The summed E-state index contributed by atoms with van der Waals surface area (Å²) < 4.78 is 48.6. The van der Waals surface area contributed by atoms with Crippen LogP contribution >= 0.6 is 0 Å². The van der Waals surface area contributed by atoms with E-state index in [0.717, 1.165) is 31.0 Å². The molecule has 30 heavy (non-hydrogen) atoms. The summed E-state index contributed by atoms with van der Waals surface area (Å²) in [7, 11) is 0. The Morgan fingerprint density at radius 3 is 2.57 bits per heavy atom. The van der Waals surface area contributed by atoms with E-state index in [2.05, 4.69) is 23.9 Å². The average Bonchev–Trinajstić information content (AvgIpc) is 3.43. The van der Waals surface area contributed by atoms with E-state index in [1.54, 1.807) is 22.8 Å². The molecule has 1 unspecified atom stereocenters. The lowest BCUT2D eigenvalue weighted by molar-refractivity contribution is -0.139. The third-order valence-electron chi connectivity index (χ3n) is 5.35. The molecule has 0 amide bonds. The Bertz CT molecular complexity index is 1040. The molecule has 160 valence electrons. The Morgan fingerprint density at radius 2 is 1.90 bits per heavy atom. The van der Waals surface area contributed by atoms with E-state index >= 15 is 0 Å². The normalized spacial score (nSPS) is 15.7. The molecule has 1 aliphatic carbocycles. The number of rotatable bonds is 7. The second-order valence-electron chi connectivity index (χ2n) is 8.70. The topological polar surface area (TPSA) is 39.4 Å². The molecule has 0 saturated heterocycles. The molecule has 1 saturated carbocycles. The maximum atomic E-state index is 13.8. The molecule has 7 heteroatoms. The summed E-state index contributed by atoms with van der Waals surface area (Å²) in [6.07, 6.45) is 0.185. The Morgan fingerprint density at radius 1 is 1.13 bits per heavy atom. The van der Waals surface area contributed by atoms with Crippen molar-refractivity contribution < 1.29 is 17.9 Å². The first-order valence-corrected chi connectivity index (χ1v) is 10.4. The summed E-state index contributed by atoms with van der Waals surface area (Å²) in [5.74, 6) is 0.951. The molecule has 0 spiro atoms. The molecular formula is C23H26F3N3O. The van der Waals surface area contributed by atoms with Gasteiger partial charge in [-0.1, -0.05) is 20.8 Å². The van der Waals surface area contributed by atoms with Gasteiger partial charge in [0.2, 0.25) is 0 Å². The molecule has 2 heterocycles. The van der Waals surface area contributed by atoms with Gasteiger partial charge in [0.25, 0.3) is 0 Å². The standard InChI is InChI=1S/C23H26F3N3O/c1-14(2)10-15(3)13-30-21-7-6-17(11-18(21)23(24,25)26)20-8-9-27-22-12-19(16-4-5-16)28-29(20)22/h6-9,11-12,14-16H,4-5,10,13H2,1-3H3. The molecule has 1 aliphatic rings. The van der Waals surface area contributed by atoms with E-state index in [9.17, 15) is 13.2 Å². The number of aromatic nitrogens is 3. The first-order valence-electron chi connectivity index (χ1n) is 10.4. The molecule has 1 aromatic carbocycles. The number of alkyl halides is 3. The van der Waals surface area contributed by atoms with Crippen LogP contribution in [0.15, 0.2) is 36.5 Å². The fourth-order valence-corrected chi connectivity index (χ4v) is 3.85. The third kappa shape index (κ3) is 4.45. The molecule has 1 atom stereocenters. The SMILES string of the molecule is CC(C)CC(C)COc1ccc(-c2ccnc3cc(C4CC4)nn23)cc1C(F)(F)F. The summed E-state index contributed by atoms with van der Waals surface area (Å²) in [5.41, 5.74) is 1.84. The zero-order chi connectivity index (χ0) is 21.5. The smallest absolute Gasteiger partial charge is 0.419 e. The van der Waals surface area contributed by atoms with Crippen molar-refractivity contribution in [3.8, 4) is 17.0 Å². The van der Waals surface area contributed by atoms with Crippen molar-refractivity contribution in [3.63, 3.8) is 0 Å². The Labute approximate surface area is 174 Å². The molecule has 0 aliphatic heterocycles. The zero-order valence-corrected chi connectivity index (χ0v) is 17.4. The highest BCUT2D eigenvalue weighted by Gasteiger charge is 2.35. The lowest BCUT2D eigenvalue weighted by atomic mass is 10.00. The molecule has 2 aromatic heterocycles. The average molecular weight is 417 g/mol. The monoisotopic (exact) mass is 417 g/mol. The summed E-state index contributed by atoms with van der Waals surface area (Å²) in [4.78, 5) is 4.31. The fraction of sp³-hybridized carbons (Fsp3) is 0.478. The van der Waals surface area contributed by atoms with Gasteiger partial charge in [0.05, 0.1) is 23.6 Å². The van der Waals surface area contributed by atoms with Gasteiger partial charge < -0.3 is 4.74 Å². The molecular weight excluding hydrogens is 391 g/mol. The zero-order valence-electron chi connectivity index (χ0n) is 17.4. The van der Waals surface area contributed by atoms with Gasteiger partial charge in [-0.2, -0.15) is 18.3 Å². The van der Waals surface area contributed by atoms with Crippen LogP contribution in [0, 0.1) is 11.8 Å². The number of nitrogens with zero attached hydrogens (tertiary/aromatic N) is 3. The summed E-state index contributed by atoms with van der Waals surface area (Å²) >= 11 is 0. The second kappa shape index (κ2) is 7.93. The van der Waals surface area contributed by atoms with Crippen LogP contribution < -0.4 is 4.74 Å². The third-order valence-corrected chi connectivity index (χ3v) is 5.35. The van der Waals surface area contributed by atoms with Crippen molar-refractivity contribution in [3.05, 3.63) is 47.8 Å². The second-order valence-corrected chi connectivity index (χ2v) is 8.70. The quantitative estimate of drug-likeness (QED) is 0.449. The first-order chi connectivity index (χ1) is 14.2. The van der Waals surface area contributed by atoms with E-state index in [0.29, 0.717) is 28.7 Å². The Kier molecular flexibility index (Phi) is 5.47. The molecule has 3 aromatic rings. The molecule has 0 N–H and O–H groups in total. The number of fused-ring (bicyclic) bond motifs is 1. The largest absolute Gasteiger partial charge is 0.493 e. The van der Waals surface area contributed by atoms with Gasteiger partial charge in [0, 0.05) is 23.7 Å². The molecule has 0 bridgehead atoms.